The van der Waals surface area contributed by atoms with Crippen LogP contribution >= 0.6 is 0 Å². The predicted octanol–water partition coefficient (Wildman–Crippen LogP) is 10.4. The smallest absolute Gasteiger partial charge is 0.144 e. The van der Waals surface area contributed by atoms with Gasteiger partial charge in [-0.15, -0.1) is 0 Å². The van der Waals surface area contributed by atoms with E-state index in [1.807, 2.05) is 6.20 Å². The minimum absolute atomic E-state index is 0.417. The maximum Gasteiger partial charge on any atom is 0.144 e. The number of benzene rings is 5. The molecule has 0 spiro atoms. The topological polar surface area (TPSA) is 17.8 Å². The summed E-state index contributed by atoms with van der Waals surface area (Å²) in [4.78, 5) is 4.86. The monoisotopic (exact) mass is 518 g/mol. The minimum Gasteiger partial charge on any atom is -0.299 e. The molecule has 0 saturated carbocycles. The molecule has 0 atom stereocenters. The molecule has 0 radical (unpaired) electrons. The number of aromatic nitrogens is 2. The van der Waals surface area contributed by atoms with Crippen LogP contribution in [0.25, 0.3) is 50.5 Å². The highest BCUT2D eigenvalue weighted by Gasteiger charge is 2.22. The third kappa shape index (κ3) is 5.01. The van der Waals surface area contributed by atoms with Gasteiger partial charge in [0.15, 0.2) is 0 Å². The summed E-state index contributed by atoms with van der Waals surface area (Å²) in [6, 6.07) is 45.6. The molecule has 6 aromatic rings. The van der Waals surface area contributed by atoms with E-state index in [9.17, 15) is 0 Å². The second kappa shape index (κ2) is 11.6. The molecule has 0 unspecified atom stereocenters. The van der Waals surface area contributed by atoms with Gasteiger partial charge in [0.2, 0.25) is 0 Å². The summed E-state index contributed by atoms with van der Waals surface area (Å²) < 4.78 is 2.31. The Balaban J connectivity index is 1.67. The lowest BCUT2D eigenvalue weighted by Gasteiger charge is -2.25. The molecule has 0 aliphatic heterocycles. The molecule has 6 rings (SSSR count). The second-order valence-corrected chi connectivity index (χ2v) is 10.3. The number of rotatable bonds is 8. The third-order valence-electron chi connectivity index (χ3n) is 7.87. The molecule has 0 amide bonds. The number of imidazole rings is 1. The van der Waals surface area contributed by atoms with Crippen LogP contribution in [0.3, 0.4) is 0 Å². The molecule has 2 heteroatoms. The van der Waals surface area contributed by atoms with Crippen molar-refractivity contribution in [3.63, 3.8) is 0 Å². The Morgan fingerprint density at radius 1 is 0.550 bits per heavy atom. The highest BCUT2D eigenvalue weighted by atomic mass is 15.1. The molecule has 0 aliphatic rings. The van der Waals surface area contributed by atoms with Crippen molar-refractivity contribution in [2.45, 2.75) is 32.6 Å². The Morgan fingerprint density at radius 2 is 1.10 bits per heavy atom. The Hall–Kier alpha value is -4.69. The van der Waals surface area contributed by atoms with Crippen LogP contribution in [0.1, 0.15) is 38.2 Å². The molecule has 0 bridgehead atoms. The molecule has 196 valence electrons. The van der Waals surface area contributed by atoms with Gasteiger partial charge in [0.25, 0.3) is 0 Å². The van der Waals surface area contributed by atoms with Gasteiger partial charge in [0.05, 0.1) is 5.69 Å². The van der Waals surface area contributed by atoms with E-state index in [2.05, 4.69) is 152 Å². The van der Waals surface area contributed by atoms with Gasteiger partial charge in [0.1, 0.15) is 5.82 Å². The molecule has 0 aliphatic carbocycles. The van der Waals surface area contributed by atoms with Gasteiger partial charge in [-0.25, -0.2) is 4.98 Å². The quantitative estimate of drug-likeness (QED) is 0.196. The van der Waals surface area contributed by atoms with Crippen molar-refractivity contribution >= 4 is 0 Å². The highest BCUT2D eigenvalue weighted by Crippen LogP contribution is 2.42. The van der Waals surface area contributed by atoms with Crippen LogP contribution < -0.4 is 0 Å². The zero-order chi connectivity index (χ0) is 27.3. The van der Waals surface area contributed by atoms with Gasteiger partial charge in [-0.3, -0.25) is 4.57 Å². The first-order chi connectivity index (χ1) is 19.8. The lowest BCUT2D eigenvalue weighted by Crippen LogP contribution is -2.08. The maximum absolute atomic E-state index is 4.86. The summed E-state index contributed by atoms with van der Waals surface area (Å²) >= 11 is 0. The Kier molecular flexibility index (Phi) is 7.41. The standard InChI is InChI=1S/C38H34N2/c1-3-28(4-2)35-26-34(30-17-10-6-11-18-30)27-36(33-22-14-21-32(25-33)29-15-8-5-9-16-29)37(35)40-24-23-39-38(40)31-19-12-7-13-20-31/h5-28H,3-4H2,1-2H3. The minimum atomic E-state index is 0.417. The van der Waals surface area contributed by atoms with E-state index in [1.54, 1.807) is 0 Å². The van der Waals surface area contributed by atoms with Gasteiger partial charge >= 0.3 is 0 Å². The fourth-order valence-corrected chi connectivity index (χ4v) is 5.76. The van der Waals surface area contributed by atoms with Crippen molar-refractivity contribution in [2.75, 3.05) is 0 Å². The summed E-state index contributed by atoms with van der Waals surface area (Å²) in [7, 11) is 0. The zero-order valence-electron chi connectivity index (χ0n) is 23.2. The lowest BCUT2D eigenvalue weighted by molar-refractivity contribution is 0.638. The molecule has 5 aromatic carbocycles. The van der Waals surface area contributed by atoms with Crippen LogP contribution in [0.2, 0.25) is 0 Å². The van der Waals surface area contributed by atoms with Gasteiger partial charge in [0, 0.05) is 23.5 Å². The normalized spacial score (nSPS) is 11.2. The number of hydrogen-bond acceptors (Lipinski definition) is 1. The van der Waals surface area contributed by atoms with Crippen LogP contribution in [0.5, 0.6) is 0 Å². The molecule has 0 N–H and O–H groups in total. The van der Waals surface area contributed by atoms with Crippen LogP contribution in [-0.2, 0) is 0 Å². The van der Waals surface area contributed by atoms with E-state index in [0.29, 0.717) is 5.92 Å². The van der Waals surface area contributed by atoms with Crippen molar-refractivity contribution in [1.82, 2.24) is 9.55 Å². The Labute approximate surface area is 237 Å². The van der Waals surface area contributed by atoms with E-state index in [1.165, 1.54) is 44.6 Å². The average molecular weight is 519 g/mol. The first-order valence-electron chi connectivity index (χ1n) is 14.2. The molecule has 40 heavy (non-hydrogen) atoms. The first-order valence-corrected chi connectivity index (χ1v) is 14.2. The van der Waals surface area contributed by atoms with Crippen molar-refractivity contribution in [3.8, 4) is 50.5 Å². The van der Waals surface area contributed by atoms with Gasteiger partial charge < -0.3 is 0 Å². The first kappa shape index (κ1) is 25.6. The SMILES string of the molecule is CCC(CC)c1cc(-c2ccccc2)cc(-c2cccc(-c3ccccc3)c2)c1-n1ccnc1-c1ccccc1. The molecule has 0 saturated heterocycles. The van der Waals surface area contributed by atoms with Gasteiger partial charge in [-0.05, 0) is 70.3 Å². The van der Waals surface area contributed by atoms with E-state index >= 15 is 0 Å². The zero-order valence-corrected chi connectivity index (χ0v) is 23.2. The number of hydrogen-bond donors (Lipinski definition) is 0. The van der Waals surface area contributed by atoms with E-state index in [-0.39, 0.29) is 0 Å². The average Bonchev–Trinajstić information content (AvgIpc) is 3.52. The molecule has 1 heterocycles. The van der Waals surface area contributed by atoms with Gasteiger partial charge in [-0.1, -0.05) is 123 Å². The fraction of sp³-hybridized carbons (Fsp3) is 0.132. The van der Waals surface area contributed by atoms with Crippen molar-refractivity contribution in [1.29, 1.82) is 0 Å². The lowest BCUT2D eigenvalue weighted by atomic mass is 9.85. The van der Waals surface area contributed by atoms with Gasteiger partial charge in [-0.2, -0.15) is 0 Å². The largest absolute Gasteiger partial charge is 0.299 e. The summed E-state index contributed by atoms with van der Waals surface area (Å²) in [5.74, 6) is 1.38. The van der Waals surface area contributed by atoms with Crippen molar-refractivity contribution < 1.29 is 0 Å². The Bertz CT molecular complexity index is 1700. The van der Waals surface area contributed by atoms with Crippen molar-refractivity contribution in [2.24, 2.45) is 0 Å². The summed E-state index contributed by atoms with van der Waals surface area (Å²) in [5, 5.41) is 0. The molecule has 1 aromatic heterocycles. The third-order valence-corrected chi connectivity index (χ3v) is 7.87. The summed E-state index contributed by atoms with van der Waals surface area (Å²) in [6.45, 7) is 4.60. The highest BCUT2D eigenvalue weighted by molar-refractivity contribution is 5.85. The molecule has 0 fully saturated rings. The van der Waals surface area contributed by atoms with E-state index in [4.69, 9.17) is 4.98 Å². The fourth-order valence-electron chi connectivity index (χ4n) is 5.76. The van der Waals surface area contributed by atoms with Crippen LogP contribution in [0, 0.1) is 0 Å². The molecular formula is C38H34N2. The Morgan fingerprint density at radius 3 is 1.73 bits per heavy atom. The second-order valence-electron chi connectivity index (χ2n) is 10.3. The summed E-state index contributed by atoms with van der Waals surface area (Å²) in [5.41, 5.74) is 11.0. The predicted molar refractivity (Wildman–Crippen MR) is 169 cm³/mol. The number of nitrogens with zero attached hydrogens (tertiary/aromatic N) is 2. The van der Waals surface area contributed by atoms with Crippen molar-refractivity contribution in [3.05, 3.63) is 145 Å². The summed E-state index contributed by atoms with van der Waals surface area (Å²) in [6.07, 6.45) is 6.19. The van der Waals surface area contributed by atoms with E-state index in [0.717, 1.165) is 24.2 Å². The van der Waals surface area contributed by atoms with E-state index < -0.39 is 0 Å². The van der Waals surface area contributed by atoms with Crippen LogP contribution in [-0.4, -0.2) is 9.55 Å². The maximum atomic E-state index is 4.86. The molecule has 2 nitrogen and oxygen atoms in total. The van der Waals surface area contributed by atoms with Crippen LogP contribution in [0.15, 0.2) is 140 Å². The molecular weight excluding hydrogens is 484 g/mol. The van der Waals surface area contributed by atoms with Crippen LogP contribution in [0.4, 0.5) is 0 Å².